The molecule has 1 unspecified atom stereocenters. The van der Waals surface area contributed by atoms with Crippen molar-refractivity contribution in [2.45, 2.75) is 26.2 Å². The minimum atomic E-state index is -0.920. The first-order chi connectivity index (χ1) is 9.93. The molecule has 1 heterocycles. The van der Waals surface area contributed by atoms with Crippen LogP contribution in [0.25, 0.3) is 0 Å². The van der Waals surface area contributed by atoms with Crippen molar-refractivity contribution in [1.29, 1.82) is 0 Å². The maximum Gasteiger partial charge on any atom is 0.311 e. The summed E-state index contributed by atoms with van der Waals surface area (Å²) in [5.74, 6) is -0.485. The average Bonchev–Trinajstić information content (AvgIpc) is 2.75. The van der Waals surface area contributed by atoms with Crippen molar-refractivity contribution in [3.8, 4) is 5.75 Å². The molecular formula is C15H16ClNO4. The molecule has 0 saturated heterocycles. The van der Waals surface area contributed by atoms with Gasteiger partial charge in [0.2, 0.25) is 0 Å². The number of aliphatic carboxylic acids is 1. The lowest BCUT2D eigenvalue weighted by Crippen LogP contribution is -2.15. The van der Waals surface area contributed by atoms with Gasteiger partial charge in [0.15, 0.2) is 0 Å². The molecule has 1 atom stereocenters. The maximum atomic E-state index is 11.6. The van der Waals surface area contributed by atoms with E-state index < -0.39 is 11.9 Å². The van der Waals surface area contributed by atoms with Crippen molar-refractivity contribution < 1.29 is 19.2 Å². The lowest BCUT2D eigenvalue weighted by molar-refractivity contribution is -0.138. The third kappa shape index (κ3) is 3.19. The molecule has 1 N–H and O–H groups in total. The standard InChI is InChI=1S/C15H16ClNO4/c1-8-11(9(2)21-17-8)7-12(15(18)19)10-4-5-14(20-3)13(16)6-10/h4-6,12H,7H2,1-3H3,(H,18,19). The van der Waals surface area contributed by atoms with Gasteiger partial charge in [-0.2, -0.15) is 0 Å². The van der Waals surface area contributed by atoms with Crippen molar-refractivity contribution in [2.75, 3.05) is 7.11 Å². The van der Waals surface area contributed by atoms with Crippen LogP contribution in [0.2, 0.25) is 5.02 Å². The third-order valence-corrected chi connectivity index (χ3v) is 3.76. The normalized spacial score (nSPS) is 12.2. The van der Waals surface area contributed by atoms with Gasteiger partial charge in [-0.3, -0.25) is 4.79 Å². The van der Waals surface area contributed by atoms with E-state index in [0.29, 0.717) is 34.2 Å². The van der Waals surface area contributed by atoms with Crippen molar-refractivity contribution in [1.82, 2.24) is 5.16 Å². The maximum absolute atomic E-state index is 11.6. The molecule has 0 amide bonds. The van der Waals surface area contributed by atoms with E-state index in [4.69, 9.17) is 20.9 Å². The van der Waals surface area contributed by atoms with E-state index in [2.05, 4.69) is 5.16 Å². The highest BCUT2D eigenvalue weighted by atomic mass is 35.5. The lowest BCUT2D eigenvalue weighted by Gasteiger charge is -2.14. The quantitative estimate of drug-likeness (QED) is 0.916. The Morgan fingerprint density at radius 1 is 1.48 bits per heavy atom. The molecule has 21 heavy (non-hydrogen) atoms. The van der Waals surface area contributed by atoms with Crippen molar-refractivity contribution in [3.05, 3.63) is 45.8 Å². The monoisotopic (exact) mass is 309 g/mol. The Labute approximate surface area is 127 Å². The number of benzene rings is 1. The molecule has 0 radical (unpaired) electrons. The fourth-order valence-corrected chi connectivity index (χ4v) is 2.51. The Morgan fingerprint density at radius 3 is 2.67 bits per heavy atom. The molecule has 1 aromatic carbocycles. The zero-order valence-corrected chi connectivity index (χ0v) is 12.8. The number of methoxy groups -OCH3 is 1. The molecule has 0 fully saturated rings. The number of ether oxygens (including phenoxy) is 1. The second-order valence-electron chi connectivity index (χ2n) is 4.79. The number of carboxylic acids is 1. The van der Waals surface area contributed by atoms with E-state index in [0.717, 1.165) is 5.56 Å². The predicted octanol–water partition coefficient (Wildman–Crippen LogP) is 3.36. The van der Waals surface area contributed by atoms with Gasteiger partial charge in [-0.05, 0) is 38.0 Å². The van der Waals surface area contributed by atoms with Crippen LogP contribution in [-0.2, 0) is 11.2 Å². The van der Waals surface area contributed by atoms with Crippen molar-refractivity contribution in [3.63, 3.8) is 0 Å². The second kappa shape index (κ2) is 6.18. The molecule has 0 saturated carbocycles. The summed E-state index contributed by atoms with van der Waals surface area (Å²) in [7, 11) is 1.51. The second-order valence-corrected chi connectivity index (χ2v) is 5.20. The highest BCUT2D eigenvalue weighted by Gasteiger charge is 2.24. The molecule has 2 rings (SSSR count). The number of rotatable bonds is 5. The van der Waals surface area contributed by atoms with Crippen LogP contribution in [0.15, 0.2) is 22.7 Å². The predicted molar refractivity (Wildman–Crippen MR) is 78.1 cm³/mol. The Bertz CT molecular complexity index is 646. The Kier molecular flexibility index (Phi) is 4.53. The zero-order chi connectivity index (χ0) is 15.6. The topological polar surface area (TPSA) is 72.6 Å². The fourth-order valence-electron chi connectivity index (χ4n) is 2.24. The molecule has 2 aromatic rings. The largest absolute Gasteiger partial charge is 0.495 e. The highest BCUT2D eigenvalue weighted by Crippen LogP contribution is 2.31. The van der Waals surface area contributed by atoms with Gasteiger partial charge in [0, 0.05) is 5.56 Å². The van der Waals surface area contributed by atoms with Gasteiger partial charge in [0.1, 0.15) is 11.5 Å². The number of halogens is 1. The average molecular weight is 310 g/mol. The molecule has 0 aliphatic rings. The first-order valence-electron chi connectivity index (χ1n) is 6.42. The van der Waals surface area contributed by atoms with Gasteiger partial charge >= 0.3 is 5.97 Å². The van der Waals surface area contributed by atoms with E-state index in [-0.39, 0.29) is 0 Å². The summed E-state index contributed by atoms with van der Waals surface area (Å²) >= 11 is 6.07. The van der Waals surface area contributed by atoms with Gasteiger partial charge in [0.05, 0.1) is 23.7 Å². The van der Waals surface area contributed by atoms with E-state index in [9.17, 15) is 9.90 Å². The van der Waals surface area contributed by atoms with Crippen molar-refractivity contribution >= 4 is 17.6 Å². The van der Waals surface area contributed by atoms with E-state index in [1.807, 2.05) is 0 Å². The number of nitrogens with zero attached hydrogens (tertiary/aromatic N) is 1. The Hall–Kier alpha value is -2.01. The highest BCUT2D eigenvalue weighted by molar-refractivity contribution is 6.32. The molecule has 112 valence electrons. The number of hydrogen-bond acceptors (Lipinski definition) is 4. The van der Waals surface area contributed by atoms with Gasteiger partial charge in [-0.25, -0.2) is 0 Å². The smallest absolute Gasteiger partial charge is 0.311 e. The van der Waals surface area contributed by atoms with Gasteiger partial charge in [0.25, 0.3) is 0 Å². The number of hydrogen-bond donors (Lipinski definition) is 1. The van der Waals surface area contributed by atoms with Crippen LogP contribution in [0.4, 0.5) is 0 Å². The molecular weight excluding hydrogens is 294 g/mol. The van der Waals surface area contributed by atoms with Gasteiger partial charge in [-0.1, -0.05) is 22.8 Å². The molecule has 6 heteroatoms. The zero-order valence-electron chi connectivity index (χ0n) is 12.0. The summed E-state index contributed by atoms with van der Waals surface area (Å²) in [6, 6.07) is 5.00. The Morgan fingerprint density at radius 2 is 2.19 bits per heavy atom. The minimum Gasteiger partial charge on any atom is -0.495 e. The SMILES string of the molecule is COc1ccc(C(Cc2c(C)noc2C)C(=O)O)cc1Cl. The first-order valence-corrected chi connectivity index (χ1v) is 6.79. The third-order valence-electron chi connectivity index (χ3n) is 3.47. The number of carbonyl (C=O) groups is 1. The molecule has 0 aliphatic carbocycles. The van der Waals surface area contributed by atoms with Crippen LogP contribution >= 0.6 is 11.6 Å². The Balaban J connectivity index is 2.36. The van der Waals surface area contributed by atoms with Crippen LogP contribution in [-0.4, -0.2) is 23.3 Å². The first kappa shape index (κ1) is 15.4. The van der Waals surface area contributed by atoms with Crippen LogP contribution in [0, 0.1) is 13.8 Å². The van der Waals surface area contributed by atoms with Crippen molar-refractivity contribution in [2.24, 2.45) is 0 Å². The molecule has 1 aromatic heterocycles. The van der Waals surface area contributed by atoms with Crippen LogP contribution in [0.3, 0.4) is 0 Å². The summed E-state index contributed by atoms with van der Waals surface area (Å²) in [4.78, 5) is 11.6. The summed E-state index contributed by atoms with van der Waals surface area (Å²) in [5, 5.41) is 13.7. The summed E-state index contributed by atoms with van der Waals surface area (Å²) in [5.41, 5.74) is 2.14. The fraction of sp³-hybridized carbons (Fsp3) is 0.333. The summed E-state index contributed by atoms with van der Waals surface area (Å²) in [6.07, 6.45) is 0.305. The number of carboxylic acid groups (broad SMARTS) is 1. The van der Waals surface area contributed by atoms with Gasteiger partial charge < -0.3 is 14.4 Å². The van der Waals surface area contributed by atoms with Crippen LogP contribution in [0.5, 0.6) is 5.75 Å². The van der Waals surface area contributed by atoms with Gasteiger partial charge in [-0.15, -0.1) is 0 Å². The van der Waals surface area contributed by atoms with Crippen LogP contribution in [0.1, 0.15) is 28.5 Å². The van der Waals surface area contributed by atoms with Crippen LogP contribution < -0.4 is 4.74 Å². The minimum absolute atomic E-state index is 0.305. The molecule has 0 aliphatic heterocycles. The summed E-state index contributed by atoms with van der Waals surface area (Å²) in [6.45, 7) is 3.57. The van der Waals surface area contributed by atoms with E-state index >= 15 is 0 Å². The number of aryl methyl sites for hydroxylation is 2. The number of aromatic nitrogens is 1. The lowest BCUT2D eigenvalue weighted by atomic mass is 9.91. The molecule has 5 nitrogen and oxygen atoms in total. The molecule has 0 bridgehead atoms. The molecule has 0 spiro atoms. The van der Waals surface area contributed by atoms with E-state index in [1.54, 1.807) is 32.0 Å². The van der Waals surface area contributed by atoms with E-state index in [1.165, 1.54) is 7.11 Å². The summed E-state index contributed by atoms with van der Waals surface area (Å²) < 4.78 is 10.2.